The molecule has 2 unspecified atom stereocenters. The van der Waals surface area contributed by atoms with E-state index in [1.54, 1.807) is 6.07 Å². The molecule has 0 aliphatic heterocycles. The van der Waals surface area contributed by atoms with Crippen molar-refractivity contribution in [3.8, 4) is 0 Å². The molecular formula is C11H17N3O3. The lowest BCUT2D eigenvalue weighted by Crippen LogP contribution is -2.29. The summed E-state index contributed by atoms with van der Waals surface area (Å²) in [7, 11) is 0. The fraction of sp³-hybridized carbons (Fsp3) is 0.545. The zero-order valence-corrected chi connectivity index (χ0v) is 9.91. The normalized spacial score (nSPS) is 14.6. The Morgan fingerprint density at radius 2 is 2.18 bits per heavy atom. The maximum absolute atomic E-state index is 10.5. The number of nitro groups is 1. The molecule has 6 nitrogen and oxygen atoms in total. The third kappa shape index (κ3) is 3.76. The van der Waals surface area contributed by atoms with Crippen molar-refractivity contribution in [2.24, 2.45) is 11.7 Å². The standard InChI is InChI=1S/C11H17N3O3/c1-7(2)5-9(11(12)15)10-4-3-8(6-13-10)14(16)17/h3-4,6-7,9,11,15H,5,12H2,1-2H3. The Morgan fingerprint density at radius 1 is 1.53 bits per heavy atom. The van der Waals surface area contributed by atoms with E-state index in [4.69, 9.17) is 5.73 Å². The fourth-order valence-corrected chi connectivity index (χ4v) is 1.67. The van der Waals surface area contributed by atoms with Crippen molar-refractivity contribution in [1.82, 2.24) is 4.98 Å². The Morgan fingerprint density at radius 3 is 2.53 bits per heavy atom. The zero-order chi connectivity index (χ0) is 13.0. The van der Waals surface area contributed by atoms with Gasteiger partial charge in [-0.2, -0.15) is 0 Å². The van der Waals surface area contributed by atoms with Crippen LogP contribution in [0.15, 0.2) is 18.3 Å². The molecule has 17 heavy (non-hydrogen) atoms. The molecule has 0 saturated carbocycles. The highest BCUT2D eigenvalue weighted by Crippen LogP contribution is 2.25. The van der Waals surface area contributed by atoms with Gasteiger partial charge < -0.3 is 10.8 Å². The lowest BCUT2D eigenvalue weighted by molar-refractivity contribution is -0.385. The van der Waals surface area contributed by atoms with Gasteiger partial charge in [-0.25, -0.2) is 0 Å². The van der Waals surface area contributed by atoms with Gasteiger partial charge in [0, 0.05) is 17.7 Å². The van der Waals surface area contributed by atoms with E-state index in [1.165, 1.54) is 12.3 Å². The van der Waals surface area contributed by atoms with Gasteiger partial charge in [0.1, 0.15) is 12.4 Å². The van der Waals surface area contributed by atoms with Crippen LogP contribution >= 0.6 is 0 Å². The van der Waals surface area contributed by atoms with Crippen LogP contribution in [0.4, 0.5) is 5.69 Å². The predicted molar refractivity (Wildman–Crippen MR) is 63.3 cm³/mol. The van der Waals surface area contributed by atoms with Crippen LogP contribution in [-0.2, 0) is 0 Å². The molecule has 0 aliphatic rings. The number of nitrogens with zero attached hydrogens (tertiary/aromatic N) is 2. The minimum Gasteiger partial charge on any atom is -0.378 e. The van der Waals surface area contributed by atoms with Crippen LogP contribution in [0.2, 0.25) is 0 Å². The molecule has 0 saturated heterocycles. The Hall–Kier alpha value is -1.53. The Bertz CT molecular complexity index is 376. The van der Waals surface area contributed by atoms with Gasteiger partial charge in [0.05, 0.1) is 4.92 Å². The Kier molecular flexibility index (Phi) is 4.53. The molecule has 1 heterocycles. The van der Waals surface area contributed by atoms with Crippen LogP contribution in [0, 0.1) is 16.0 Å². The van der Waals surface area contributed by atoms with E-state index in [9.17, 15) is 15.2 Å². The number of aliphatic hydroxyl groups excluding tert-OH is 1. The molecular weight excluding hydrogens is 222 g/mol. The number of aromatic nitrogens is 1. The minimum absolute atomic E-state index is 0.0661. The average Bonchev–Trinajstić information content (AvgIpc) is 2.25. The first-order chi connectivity index (χ1) is 7.91. The summed E-state index contributed by atoms with van der Waals surface area (Å²) in [5.41, 5.74) is 6.01. The summed E-state index contributed by atoms with van der Waals surface area (Å²) in [5, 5.41) is 20.0. The number of nitrogens with two attached hydrogens (primary N) is 1. The average molecular weight is 239 g/mol. The molecule has 2 atom stereocenters. The van der Waals surface area contributed by atoms with E-state index in [-0.39, 0.29) is 11.6 Å². The SMILES string of the molecule is CC(C)CC(c1ccc([N+](=O)[O-])cn1)C(N)O. The smallest absolute Gasteiger partial charge is 0.287 e. The minimum atomic E-state index is -1.01. The summed E-state index contributed by atoms with van der Waals surface area (Å²) in [5.74, 6) is 0.0611. The molecule has 3 N–H and O–H groups in total. The van der Waals surface area contributed by atoms with E-state index < -0.39 is 11.2 Å². The van der Waals surface area contributed by atoms with Gasteiger partial charge in [-0.3, -0.25) is 15.1 Å². The molecule has 0 spiro atoms. The second-order valence-corrected chi connectivity index (χ2v) is 4.43. The number of rotatable bonds is 5. The van der Waals surface area contributed by atoms with Gasteiger partial charge in [0.25, 0.3) is 5.69 Å². The number of aliphatic hydroxyl groups is 1. The number of pyridine rings is 1. The maximum atomic E-state index is 10.5. The molecule has 0 aromatic carbocycles. The third-order valence-corrected chi connectivity index (χ3v) is 2.50. The van der Waals surface area contributed by atoms with Crippen LogP contribution < -0.4 is 5.73 Å². The first kappa shape index (κ1) is 13.5. The highest BCUT2D eigenvalue weighted by Gasteiger charge is 2.21. The molecule has 0 aliphatic carbocycles. The predicted octanol–water partition coefficient (Wildman–Crippen LogP) is 1.40. The lowest BCUT2D eigenvalue weighted by Gasteiger charge is -2.20. The quantitative estimate of drug-likeness (QED) is 0.459. The molecule has 0 amide bonds. The highest BCUT2D eigenvalue weighted by molar-refractivity contribution is 5.28. The van der Waals surface area contributed by atoms with Crippen molar-refractivity contribution < 1.29 is 10.0 Å². The van der Waals surface area contributed by atoms with Crippen LogP contribution in [0.5, 0.6) is 0 Å². The van der Waals surface area contributed by atoms with Crippen LogP contribution in [0.25, 0.3) is 0 Å². The monoisotopic (exact) mass is 239 g/mol. The fourth-order valence-electron chi connectivity index (χ4n) is 1.67. The van der Waals surface area contributed by atoms with E-state index in [0.29, 0.717) is 18.0 Å². The second kappa shape index (κ2) is 5.70. The summed E-state index contributed by atoms with van der Waals surface area (Å²) in [4.78, 5) is 14.0. The topological polar surface area (TPSA) is 102 Å². The van der Waals surface area contributed by atoms with Crippen molar-refractivity contribution in [1.29, 1.82) is 0 Å². The van der Waals surface area contributed by atoms with Crippen molar-refractivity contribution in [2.45, 2.75) is 32.4 Å². The van der Waals surface area contributed by atoms with Gasteiger partial charge in [-0.1, -0.05) is 13.8 Å². The van der Waals surface area contributed by atoms with Crippen molar-refractivity contribution in [3.05, 3.63) is 34.1 Å². The summed E-state index contributed by atoms with van der Waals surface area (Å²) in [6.45, 7) is 4.03. The molecule has 94 valence electrons. The first-order valence-corrected chi connectivity index (χ1v) is 5.45. The van der Waals surface area contributed by atoms with Crippen LogP contribution in [-0.4, -0.2) is 21.2 Å². The first-order valence-electron chi connectivity index (χ1n) is 5.45. The van der Waals surface area contributed by atoms with Gasteiger partial charge in [-0.05, 0) is 18.4 Å². The molecule has 1 aromatic rings. The van der Waals surface area contributed by atoms with Gasteiger partial charge >= 0.3 is 0 Å². The second-order valence-electron chi connectivity index (χ2n) is 4.43. The van der Waals surface area contributed by atoms with E-state index in [1.807, 2.05) is 13.8 Å². The summed E-state index contributed by atoms with van der Waals surface area (Å²) < 4.78 is 0. The number of hydrogen-bond donors (Lipinski definition) is 2. The lowest BCUT2D eigenvalue weighted by atomic mass is 9.92. The van der Waals surface area contributed by atoms with Crippen LogP contribution in [0.1, 0.15) is 31.9 Å². The van der Waals surface area contributed by atoms with Crippen molar-refractivity contribution in [3.63, 3.8) is 0 Å². The van der Waals surface area contributed by atoms with Gasteiger partial charge in [0.2, 0.25) is 0 Å². The molecule has 0 radical (unpaired) electrons. The summed E-state index contributed by atoms with van der Waals surface area (Å²) in [6, 6.07) is 2.92. The zero-order valence-electron chi connectivity index (χ0n) is 9.91. The highest BCUT2D eigenvalue weighted by atomic mass is 16.6. The van der Waals surface area contributed by atoms with E-state index >= 15 is 0 Å². The van der Waals surface area contributed by atoms with E-state index in [2.05, 4.69) is 4.98 Å². The third-order valence-electron chi connectivity index (χ3n) is 2.50. The molecule has 1 aromatic heterocycles. The molecule has 0 fully saturated rings. The molecule has 1 rings (SSSR count). The van der Waals surface area contributed by atoms with E-state index in [0.717, 1.165) is 0 Å². The maximum Gasteiger partial charge on any atom is 0.287 e. The largest absolute Gasteiger partial charge is 0.378 e. The Balaban J connectivity index is 2.91. The van der Waals surface area contributed by atoms with Gasteiger partial charge in [-0.15, -0.1) is 0 Å². The van der Waals surface area contributed by atoms with Crippen molar-refractivity contribution in [2.75, 3.05) is 0 Å². The van der Waals surface area contributed by atoms with Gasteiger partial charge in [0.15, 0.2) is 0 Å². The number of hydrogen-bond acceptors (Lipinski definition) is 5. The molecule has 6 heteroatoms. The summed E-state index contributed by atoms with van der Waals surface area (Å²) in [6.07, 6.45) is 0.861. The summed E-state index contributed by atoms with van der Waals surface area (Å²) >= 11 is 0. The molecule has 0 bridgehead atoms. The van der Waals surface area contributed by atoms with Crippen LogP contribution in [0.3, 0.4) is 0 Å². The van der Waals surface area contributed by atoms with Crippen molar-refractivity contribution >= 4 is 5.69 Å². The Labute approximate surface area is 99.6 Å².